The molecule has 2 nitrogen and oxygen atoms in total. The molecule has 0 aromatic heterocycles. The van der Waals surface area contributed by atoms with Gasteiger partial charge in [0, 0.05) is 0 Å². The Bertz CT molecular complexity index is 831. The maximum atomic E-state index is 14.2. The summed E-state index contributed by atoms with van der Waals surface area (Å²) in [7, 11) is 0. The van der Waals surface area contributed by atoms with E-state index in [1.54, 1.807) is 0 Å². The Balaban J connectivity index is 1.66. The lowest BCUT2D eigenvalue weighted by molar-refractivity contribution is 0.265. The van der Waals surface area contributed by atoms with Gasteiger partial charge in [-0.15, -0.1) is 0 Å². The zero-order valence-electron chi connectivity index (χ0n) is 13.8. The van der Waals surface area contributed by atoms with Crippen LogP contribution in [0, 0.1) is 18.6 Å². The predicted octanol–water partition coefficient (Wildman–Crippen LogP) is 5.43. The van der Waals surface area contributed by atoms with Crippen molar-refractivity contribution in [2.75, 3.05) is 0 Å². The number of halogens is 2. The van der Waals surface area contributed by atoms with E-state index in [-0.39, 0.29) is 24.7 Å². The van der Waals surface area contributed by atoms with Crippen LogP contribution in [0.2, 0.25) is 0 Å². The van der Waals surface area contributed by atoms with Crippen LogP contribution in [-0.2, 0) is 13.2 Å². The molecule has 0 amide bonds. The van der Waals surface area contributed by atoms with Crippen molar-refractivity contribution in [1.29, 1.82) is 0 Å². The minimum Gasteiger partial charge on any atom is -0.486 e. The van der Waals surface area contributed by atoms with Gasteiger partial charge in [0.05, 0.1) is 0 Å². The van der Waals surface area contributed by atoms with E-state index in [1.165, 1.54) is 12.1 Å². The van der Waals surface area contributed by atoms with Gasteiger partial charge < -0.3 is 9.47 Å². The number of aryl methyl sites for hydroxylation is 1. The van der Waals surface area contributed by atoms with E-state index in [9.17, 15) is 8.78 Å². The van der Waals surface area contributed by atoms with Gasteiger partial charge in [-0.1, -0.05) is 60.2 Å². The van der Waals surface area contributed by atoms with Crippen molar-refractivity contribution in [2.24, 2.45) is 0 Å². The summed E-state index contributed by atoms with van der Waals surface area (Å²) < 4.78 is 39.1. The minimum atomic E-state index is -1.04. The second-order valence-electron chi connectivity index (χ2n) is 5.74. The highest BCUT2D eigenvalue weighted by molar-refractivity contribution is 5.35. The van der Waals surface area contributed by atoms with E-state index >= 15 is 0 Å². The van der Waals surface area contributed by atoms with E-state index in [4.69, 9.17) is 9.47 Å². The van der Waals surface area contributed by atoms with Gasteiger partial charge in [0.15, 0.2) is 11.5 Å². The van der Waals surface area contributed by atoms with Crippen LogP contribution in [0.4, 0.5) is 8.78 Å². The molecular formula is C21H18F2O2. The highest BCUT2D eigenvalue weighted by Crippen LogP contribution is 2.28. The first kappa shape index (κ1) is 17.0. The van der Waals surface area contributed by atoms with Crippen molar-refractivity contribution in [1.82, 2.24) is 0 Å². The van der Waals surface area contributed by atoms with Crippen molar-refractivity contribution in [3.8, 4) is 11.5 Å². The maximum absolute atomic E-state index is 14.2. The summed E-state index contributed by atoms with van der Waals surface area (Å²) in [6, 6.07) is 19.7. The number of hydrogen-bond acceptors (Lipinski definition) is 2. The van der Waals surface area contributed by atoms with Crippen molar-refractivity contribution < 1.29 is 18.3 Å². The van der Waals surface area contributed by atoms with Crippen LogP contribution in [0.3, 0.4) is 0 Å². The third kappa shape index (κ3) is 4.35. The summed E-state index contributed by atoms with van der Waals surface area (Å²) in [6.07, 6.45) is 0. The molecule has 3 rings (SSSR count). The zero-order valence-corrected chi connectivity index (χ0v) is 13.8. The fourth-order valence-corrected chi connectivity index (χ4v) is 2.32. The summed E-state index contributed by atoms with van der Waals surface area (Å²) >= 11 is 0. The Morgan fingerprint density at radius 1 is 0.640 bits per heavy atom. The number of ether oxygens (including phenoxy) is 2. The number of hydrogen-bond donors (Lipinski definition) is 0. The first-order valence-electron chi connectivity index (χ1n) is 7.96. The third-order valence-electron chi connectivity index (χ3n) is 3.76. The van der Waals surface area contributed by atoms with Gasteiger partial charge in [0.2, 0.25) is 11.6 Å². The maximum Gasteiger partial charge on any atom is 0.204 e. The molecule has 128 valence electrons. The van der Waals surface area contributed by atoms with Gasteiger partial charge in [-0.05, 0) is 30.2 Å². The normalized spacial score (nSPS) is 10.5. The molecule has 0 spiro atoms. The topological polar surface area (TPSA) is 18.5 Å². The predicted molar refractivity (Wildman–Crippen MR) is 92.6 cm³/mol. The summed E-state index contributed by atoms with van der Waals surface area (Å²) in [4.78, 5) is 0. The standard InChI is InChI=1S/C21H18F2O2/c1-15-7-9-17(10-8-15)14-25-19-12-11-18(20(22)21(19)23)24-13-16-5-3-2-4-6-16/h2-12H,13-14H2,1H3. The molecule has 3 aromatic carbocycles. The lowest BCUT2D eigenvalue weighted by atomic mass is 10.2. The van der Waals surface area contributed by atoms with Gasteiger partial charge in [-0.2, -0.15) is 8.78 Å². The zero-order chi connectivity index (χ0) is 17.6. The van der Waals surface area contributed by atoms with Crippen molar-refractivity contribution in [3.63, 3.8) is 0 Å². The number of benzene rings is 3. The summed E-state index contributed by atoms with van der Waals surface area (Å²) in [5, 5.41) is 0. The van der Waals surface area contributed by atoms with E-state index in [0.717, 1.165) is 16.7 Å². The summed E-state index contributed by atoms with van der Waals surface area (Å²) in [6.45, 7) is 2.31. The van der Waals surface area contributed by atoms with Gasteiger partial charge in [0.25, 0.3) is 0 Å². The van der Waals surface area contributed by atoms with Crippen LogP contribution >= 0.6 is 0 Å². The molecule has 0 saturated heterocycles. The van der Waals surface area contributed by atoms with Crippen molar-refractivity contribution >= 4 is 0 Å². The molecule has 0 aliphatic heterocycles. The molecule has 0 unspecified atom stereocenters. The quantitative estimate of drug-likeness (QED) is 0.595. The highest BCUT2D eigenvalue weighted by atomic mass is 19.2. The molecule has 0 aliphatic rings. The summed E-state index contributed by atoms with van der Waals surface area (Å²) in [5.74, 6) is -2.36. The fraction of sp³-hybridized carbons (Fsp3) is 0.143. The van der Waals surface area contributed by atoms with E-state index in [2.05, 4.69) is 0 Å². The SMILES string of the molecule is Cc1ccc(COc2ccc(OCc3ccccc3)c(F)c2F)cc1. The second-order valence-corrected chi connectivity index (χ2v) is 5.74. The second kappa shape index (κ2) is 7.79. The van der Waals surface area contributed by atoms with Crippen LogP contribution in [0.1, 0.15) is 16.7 Å². The largest absolute Gasteiger partial charge is 0.486 e. The average Bonchev–Trinajstić information content (AvgIpc) is 2.64. The molecule has 0 radical (unpaired) electrons. The Morgan fingerprint density at radius 3 is 1.64 bits per heavy atom. The van der Waals surface area contributed by atoms with Crippen molar-refractivity contribution in [3.05, 3.63) is 95.1 Å². The lowest BCUT2D eigenvalue weighted by Gasteiger charge is -2.11. The monoisotopic (exact) mass is 340 g/mol. The van der Waals surface area contributed by atoms with Gasteiger partial charge >= 0.3 is 0 Å². The fourth-order valence-electron chi connectivity index (χ4n) is 2.32. The smallest absolute Gasteiger partial charge is 0.204 e. The molecule has 0 heterocycles. The van der Waals surface area contributed by atoms with Crippen LogP contribution in [0.25, 0.3) is 0 Å². The first-order chi connectivity index (χ1) is 12.1. The molecule has 25 heavy (non-hydrogen) atoms. The van der Waals surface area contributed by atoms with Gasteiger partial charge in [-0.3, -0.25) is 0 Å². The Morgan fingerprint density at radius 2 is 1.12 bits per heavy atom. The Hall–Kier alpha value is -2.88. The highest BCUT2D eigenvalue weighted by Gasteiger charge is 2.16. The Labute approximate surface area is 145 Å². The molecule has 0 N–H and O–H groups in total. The third-order valence-corrected chi connectivity index (χ3v) is 3.76. The minimum absolute atomic E-state index is 0.134. The van der Waals surface area contributed by atoms with Crippen LogP contribution in [0.15, 0.2) is 66.7 Å². The molecule has 0 fully saturated rings. The van der Waals surface area contributed by atoms with E-state index in [0.29, 0.717) is 0 Å². The van der Waals surface area contributed by atoms with E-state index in [1.807, 2.05) is 61.5 Å². The summed E-state index contributed by atoms with van der Waals surface area (Å²) in [5.41, 5.74) is 2.89. The molecule has 0 bridgehead atoms. The van der Waals surface area contributed by atoms with Crippen LogP contribution < -0.4 is 9.47 Å². The molecule has 0 aliphatic carbocycles. The van der Waals surface area contributed by atoms with Crippen LogP contribution in [-0.4, -0.2) is 0 Å². The molecule has 0 atom stereocenters. The van der Waals surface area contributed by atoms with Gasteiger partial charge in [0.1, 0.15) is 13.2 Å². The average molecular weight is 340 g/mol. The lowest BCUT2D eigenvalue weighted by Crippen LogP contribution is -2.02. The molecule has 3 aromatic rings. The van der Waals surface area contributed by atoms with Gasteiger partial charge in [-0.25, -0.2) is 0 Å². The number of rotatable bonds is 6. The molecule has 4 heteroatoms. The van der Waals surface area contributed by atoms with Crippen LogP contribution in [0.5, 0.6) is 11.5 Å². The van der Waals surface area contributed by atoms with E-state index < -0.39 is 11.6 Å². The van der Waals surface area contributed by atoms with Crippen molar-refractivity contribution in [2.45, 2.75) is 20.1 Å². The molecular weight excluding hydrogens is 322 g/mol. The Kier molecular flexibility index (Phi) is 5.29. The molecule has 0 saturated carbocycles. The first-order valence-corrected chi connectivity index (χ1v) is 7.96.